The third-order valence-corrected chi connectivity index (χ3v) is 6.03. The maximum Gasteiger partial charge on any atom is 0.174 e. The number of ether oxygens (including phenoxy) is 1. The van der Waals surface area contributed by atoms with Crippen molar-refractivity contribution in [3.8, 4) is 0 Å². The fraction of sp³-hybridized carbons (Fsp3) is 0.435. The Morgan fingerprint density at radius 1 is 1.04 bits per heavy atom. The Balaban J connectivity index is 1.43. The van der Waals surface area contributed by atoms with Crippen LogP contribution in [0.5, 0.6) is 0 Å². The van der Waals surface area contributed by atoms with Crippen LogP contribution >= 0.6 is 12.2 Å². The summed E-state index contributed by atoms with van der Waals surface area (Å²) in [6.07, 6.45) is 3.26. The lowest BCUT2D eigenvalue weighted by molar-refractivity contribution is 0.0376. The molecule has 0 aliphatic carbocycles. The highest BCUT2D eigenvalue weighted by Crippen LogP contribution is 2.38. The highest BCUT2D eigenvalue weighted by Gasteiger charge is 2.29. The molecule has 5 heteroatoms. The molecule has 2 aliphatic heterocycles. The monoisotopic (exact) mass is 395 g/mol. The number of hydrogen-bond donors (Lipinski definition) is 1. The van der Waals surface area contributed by atoms with Crippen LogP contribution < -0.4 is 10.2 Å². The molecule has 148 valence electrons. The highest BCUT2D eigenvalue weighted by atomic mass is 32.1. The minimum atomic E-state index is 0.287. The normalized spacial score (nSPS) is 19.9. The standard InChI is InChI=1S/C23H29N3OS/c28-23(24-13-6-14-25-15-17-27-18-16-25)26-21-10-5-4-9-20(21)11-12-22(26)19-7-2-1-3-8-19/h1-5,7-10,22H,6,11-18H2,(H,24,28). The van der Waals surface area contributed by atoms with Crippen molar-refractivity contribution >= 4 is 23.0 Å². The summed E-state index contributed by atoms with van der Waals surface area (Å²) >= 11 is 5.88. The van der Waals surface area contributed by atoms with E-state index in [0.717, 1.165) is 63.8 Å². The van der Waals surface area contributed by atoms with E-state index in [-0.39, 0.29) is 6.04 Å². The number of thiocarbonyl (C=S) groups is 1. The molecular formula is C23H29N3OS. The van der Waals surface area contributed by atoms with Gasteiger partial charge in [0.15, 0.2) is 5.11 Å². The van der Waals surface area contributed by atoms with Crippen molar-refractivity contribution in [2.45, 2.75) is 25.3 Å². The van der Waals surface area contributed by atoms with E-state index in [1.165, 1.54) is 16.8 Å². The Morgan fingerprint density at radius 2 is 1.79 bits per heavy atom. The van der Waals surface area contributed by atoms with Gasteiger partial charge >= 0.3 is 0 Å². The number of benzene rings is 2. The number of rotatable bonds is 5. The third kappa shape index (κ3) is 4.54. The van der Waals surface area contributed by atoms with Crippen molar-refractivity contribution < 1.29 is 4.74 Å². The Bertz CT molecular complexity index is 776. The van der Waals surface area contributed by atoms with Crippen LogP contribution in [0.25, 0.3) is 0 Å². The van der Waals surface area contributed by atoms with Gasteiger partial charge in [-0.05, 0) is 55.2 Å². The van der Waals surface area contributed by atoms with E-state index < -0.39 is 0 Å². The lowest BCUT2D eigenvalue weighted by Crippen LogP contribution is -2.45. The van der Waals surface area contributed by atoms with Crippen LogP contribution in [-0.2, 0) is 11.2 Å². The van der Waals surface area contributed by atoms with Crippen LogP contribution in [0.15, 0.2) is 54.6 Å². The molecule has 0 amide bonds. The van der Waals surface area contributed by atoms with Gasteiger partial charge in [-0.15, -0.1) is 0 Å². The first-order valence-corrected chi connectivity index (χ1v) is 10.7. The zero-order chi connectivity index (χ0) is 19.2. The molecule has 4 nitrogen and oxygen atoms in total. The molecule has 2 heterocycles. The number of aryl methyl sites for hydroxylation is 1. The number of anilines is 1. The average molecular weight is 396 g/mol. The zero-order valence-corrected chi connectivity index (χ0v) is 17.2. The van der Waals surface area contributed by atoms with Gasteiger partial charge < -0.3 is 15.0 Å². The summed E-state index contributed by atoms with van der Waals surface area (Å²) in [7, 11) is 0. The maximum atomic E-state index is 5.88. The number of para-hydroxylation sites is 1. The van der Waals surface area contributed by atoms with E-state index in [2.05, 4.69) is 69.7 Å². The molecular weight excluding hydrogens is 366 g/mol. The Kier molecular flexibility index (Phi) is 6.57. The molecule has 1 N–H and O–H groups in total. The summed E-state index contributed by atoms with van der Waals surface area (Å²) in [5, 5.41) is 4.37. The molecule has 0 saturated carbocycles. The second-order valence-corrected chi connectivity index (χ2v) is 7.89. The topological polar surface area (TPSA) is 27.7 Å². The first kappa shape index (κ1) is 19.4. The fourth-order valence-electron chi connectivity index (χ4n) is 4.20. The summed E-state index contributed by atoms with van der Waals surface area (Å²) in [5.74, 6) is 0. The van der Waals surface area contributed by atoms with E-state index in [4.69, 9.17) is 17.0 Å². The van der Waals surface area contributed by atoms with Crippen molar-refractivity contribution in [3.63, 3.8) is 0 Å². The van der Waals surface area contributed by atoms with Crippen molar-refractivity contribution in [2.24, 2.45) is 0 Å². The van der Waals surface area contributed by atoms with Crippen LogP contribution in [0, 0.1) is 0 Å². The molecule has 4 rings (SSSR count). The number of fused-ring (bicyclic) bond motifs is 1. The van der Waals surface area contributed by atoms with Gasteiger partial charge in [0.2, 0.25) is 0 Å². The molecule has 2 aromatic carbocycles. The molecule has 0 aromatic heterocycles. The van der Waals surface area contributed by atoms with Gasteiger partial charge in [-0.1, -0.05) is 48.5 Å². The summed E-state index contributed by atoms with van der Waals surface area (Å²) in [6, 6.07) is 19.7. The van der Waals surface area contributed by atoms with E-state index >= 15 is 0 Å². The van der Waals surface area contributed by atoms with Gasteiger partial charge in [0.05, 0.1) is 19.3 Å². The molecule has 0 spiro atoms. The average Bonchev–Trinajstić information content (AvgIpc) is 2.77. The predicted octanol–water partition coefficient (Wildman–Crippen LogP) is 3.78. The maximum absolute atomic E-state index is 5.88. The molecule has 1 atom stereocenters. The molecule has 0 radical (unpaired) electrons. The number of hydrogen-bond acceptors (Lipinski definition) is 3. The molecule has 1 saturated heterocycles. The van der Waals surface area contributed by atoms with E-state index in [1.807, 2.05) is 0 Å². The van der Waals surface area contributed by atoms with Gasteiger partial charge in [0.25, 0.3) is 0 Å². The summed E-state index contributed by atoms with van der Waals surface area (Å²) in [6.45, 7) is 5.79. The number of morpholine rings is 1. The van der Waals surface area contributed by atoms with Crippen LogP contribution in [-0.4, -0.2) is 49.4 Å². The molecule has 1 fully saturated rings. The molecule has 2 aliphatic rings. The van der Waals surface area contributed by atoms with Gasteiger partial charge in [0, 0.05) is 25.3 Å². The van der Waals surface area contributed by atoms with Crippen molar-refractivity contribution in [1.82, 2.24) is 10.2 Å². The van der Waals surface area contributed by atoms with Crippen molar-refractivity contribution in [1.29, 1.82) is 0 Å². The first-order valence-electron chi connectivity index (χ1n) is 10.3. The lowest BCUT2D eigenvalue weighted by Gasteiger charge is -2.39. The van der Waals surface area contributed by atoms with E-state index in [9.17, 15) is 0 Å². The predicted molar refractivity (Wildman–Crippen MR) is 119 cm³/mol. The zero-order valence-electron chi connectivity index (χ0n) is 16.3. The minimum absolute atomic E-state index is 0.287. The smallest absolute Gasteiger partial charge is 0.174 e. The Morgan fingerprint density at radius 3 is 2.61 bits per heavy atom. The van der Waals surface area contributed by atoms with Gasteiger partial charge in [-0.2, -0.15) is 0 Å². The second kappa shape index (κ2) is 9.50. The fourth-order valence-corrected chi connectivity index (χ4v) is 4.52. The summed E-state index contributed by atoms with van der Waals surface area (Å²) < 4.78 is 5.43. The van der Waals surface area contributed by atoms with Gasteiger partial charge in [0.1, 0.15) is 0 Å². The van der Waals surface area contributed by atoms with Crippen LogP contribution in [0.2, 0.25) is 0 Å². The molecule has 28 heavy (non-hydrogen) atoms. The number of nitrogens with zero attached hydrogens (tertiary/aromatic N) is 2. The lowest BCUT2D eigenvalue weighted by atomic mass is 9.91. The SMILES string of the molecule is S=C(NCCCN1CCOCC1)N1c2ccccc2CCC1c1ccccc1. The largest absolute Gasteiger partial charge is 0.379 e. The quantitative estimate of drug-likeness (QED) is 0.614. The Labute approximate surface area is 173 Å². The molecule has 1 unspecified atom stereocenters. The van der Waals surface area contributed by atoms with E-state index in [0.29, 0.717) is 0 Å². The highest BCUT2D eigenvalue weighted by molar-refractivity contribution is 7.80. The Hall–Kier alpha value is -1.95. The summed E-state index contributed by atoms with van der Waals surface area (Å²) in [4.78, 5) is 4.80. The first-order chi connectivity index (χ1) is 13.8. The van der Waals surface area contributed by atoms with Gasteiger partial charge in [-0.3, -0.25) is 4.90 Å². The van der Waals surface area contributed by atoms with Crippen LogP contribution in [0.1, 0.15) is 30.0 Å². The third-order valence-electron chi connectivity index (χ3n) is 5.68. The van der Waals surface area contributed by atoms with Crippen molar-refractivity contribution in [3.05, 3.63) is 65.7 Å². The molecule has 2 aromatic rings. The molecule has 0 bridgehead atoms. The minimum Gasteiger partial charge on any atom is -0.379 e. The number of nitrogens with one attached hydrogen (secondary N) is 1. The van der Waals surface area contributed by atoms with Crippen LogP contribution in [0.4, 0.5) is 5.69 Å². The second-order valence-electron chi connectivity index (χ2n) is 7.50. The van der Waals surface area contributed by atoms with E-state index in [1.54, 1.807) is 0 Å². The van der Waals surface area contributed by atoms with Gasteiger partial charge in [-0.25, -0.2) is 0 Å². The van der Waals surface area contributed by atoms with Crippen molar-refractivity contribution in [2.75, 3.05) is 44.3 Å². The summed E-state index contributed by atoms with van der Waals surface area (Å²) in [5.41, 5.74) is 3.95. The van der Waals surface area contributed by atoms with Crippen LogP contribution in [0.3, 0.4) is 0 Å².